The van der Waals surface area contributed by atoms with Crippen molar-refractivity contribution in [2.24, 2.45) is 0 Å². The normalized spacial score (nSPS) is 20.5. The molecule has 1 unspecified atom stereocenters. The molecule has 1 aliphatic rings. The van der Waals surface area contributed by atoms with E-state index >= 15 is 0 Å². The quantitative estimate of drug-likeness (QED) is 0.589. The molecule has 0 N–H and O–H groups in total. The Bertz CT molecular complexity index is 282. The lowest BCUT2D eigenvalue weighted by atomic mass is 10.2. The predicted molar refractivity (Wildman–Crippen MR) is 40.5 cm³/mol. The Kier molecular flexibility index (Phi) is 1.83. The number of carbonyl (C=O) groups excluding carboxylic acids is 1. The van der Waals surface area contributed by atoms with E-state index in [1.54, 1.807) is 18.5 Å². The standard InChI is InChI=1S/C8H8N2O2/c11-6(7-5-12-7)4-8-9-2-1-3-10-8/h1-3,7H,4-5H2. The fourth-order valence-electron chi connectivity index (χ4n) is 0.925. The molecular weight excluding hydrogens is 156 g/mol. The smallest absolute Gasteiger partial charge is 0.171 e. The highest BCUT2D eigenvalue weighted by Crippen LogP contribution is 2.11. The van der Waals surface area contributed by atoms with Gasteiger partial charge in [-0.05, 0) is 6.07 Å². The molecule has 2 heterocycles. The van der Waals surface area contributed by atoms with Crippen LogP contribution in [0.3, 0.4) is 0 Å². The van der Waals surface area contributed by atoms with E-state index in [-0.39, 0.29) is 18.3 Å². The third-order valence-corrected chi connectivity index (χ3v) is 1.64. The summed E-state index contributed by atoms with van der Waals surface area (Å²) in [6.45, 7) is 0.561. The van der Waals surface area contributed by atoms with Gasteiger partial charge in [-0.1, -0.05) is 0 Å². The molecule has 62 valence electrons. The Labute approximate surface area is 69.6 Å². The number of ether oxygens (including phenoxy) is 1. The molecule has 1 aromatic rings. The fraction of sp³-hybridized carbons (Fsp3) is 0.375. The lowest BCUT2D eigenvalue weighted by Crippen LogP contribution is -2.11. The van der Waals surface area contributed by atoms with Crippen molar-refractivity contribution in [3.63, 3.8) is 0 Å². The summed E-state index contributed by atoms with van der Waals surface area (Å²) >= 11 is 0. The largest absolute Gasteiger partial charge is 0.365 e. The van der Waals surface area contributed by atoms with Gasteiger partial charge in [-0.2, -0.15) is 0 Å². The third-order valence-electron chi connectivity index (χ3n) is 1.64. The molecule has 0 bridgehead atoms. The van der Waals surface area contributed by atoms with Gasteiger partial charge >= 0.3 is 0 Å². The second-order valence-electron chi connectivity index (χ2n) is 2.63. The van der Waals surface area contributed by atoms with Gasteiger partial charge in [-0.15, -0.1) is 0 Å². The molecular formula is C8H8N2O2. The van der Waals surface area contributed by atoms with Gasteiger partial charge in [0.15, 0.2) is 5.78 Å². The number of aromatic nitrogens is 2. The molecule has 0 aliphatic carbocycles. The van der Waals surface area contributed by atoms with E-state index < -0.39 is 0 Å². The molecule has 1 aliphatic heterocycles. The van der Waals surface area contributed by atoms with Crippen LogP contribution < -0.4 is 0 Å². The second-order valence-corrected chi connectivity index (χ2v) is 2.63. The van der Waals surface area contributed by atoms with Crippen LogP contribution >= 0.6 is 0 Å². The van der Waals surface area contributed by atoms with Crippen LogP contribution in [0.2, 0.25) is 0 Å². The van der Waals surface area contributed by atoms with Crippen LogP contribution in [-0.4, -0.2) is 28.5 Å². The highest BCUT2D eigenvalue weighted by molar-refractivity contribution is 5.86. The van der Waals surface area contributed by atoms with Crippen LogP contribution in [0.4, 0.5) is 0 Å². The van der Waals surface area contributed by atoms with Gasteiger partial charge in [-0.3, -0.25) is 4.79 Å². The molecule has 0 aromatic carbocycles. The molecule has 12 heavy (non-hydrogen) atoms. The number of hydrogen-bond acceptors (Lipinski definition) is 4. The molecule has 1 atom stereocenters. The fourth-order valence-corrected chi connectivity index (χ4v) is 0.925. The Morgan fingerprint density at radius 3 is 2.83 bits per heavy atom. The van der Waals surface area contributed by atoms with Crippen LogP contribution in [0.25, 0.3) is 0 Å². The first kappa shape index (κ1) is 7.36. The van der Waals surface area contributed by atoms with Crippen LogP contribution in [0, 0.1) is 0 Å². The Morgan fingerprint density at radius 2 is 2.25 bits per heavy atom. The maximum Gasteiger partial charge on any atom is 0.171 e. The zero-order valence-electron chi connectivity index (χ0n) is 6.43. The Hall–Kier alpha value is -1.29. The molecule has 0 spiro atoms. The van der Waals surface area contributed by atoms with Gasteiger partial charge in [0.25, 0.3) is 0 Å². The van der Waals surface area contributed by atoms with Crippen LogP contribution in [0.15, 0.2) is 18.5 Å². The van der Waals surface area contributed by atoms with Crippen molar-refractivity contribution in [1.29, 1.82) is 0 Å². The summed E-state index contributed by atoms with van der Waals surface area (Å²) in [4.78, 5) is 19.1. The lowest BCUT2D eigenvalue weighted by molar-refractivity contribution is -0.119. The van der Waals surface area contributed by atoms with Crippen molar-refractivity contribution in [3.8, 4) is 0 Å². The van der Waals surface area contributed by atoms with Crippen molar-refractivity contribution in [1.82, 2.24) is 9.97 Å². The summed E-state index contributed by atoms with van der Waals surface area (Å²) in [6, 6.07) is 1.72. The van der Waals surface area contributed by atoms with E-state index in [0.717, 1.165) is 0 Å². The topological polar surface area (TPSA) is 55.4 Å². The van der Waals surface area contributed by atoms with Crippen LogP contribution in [0.1, 0.15) is 5.82 Å². The molecule has 4 heteroatoms. The first-order valence-corrected chi connectivity index (χ1v) is 3.76. The van der Waals surface area contributed by atoms with Crippen molar-refractivity contribution < 1.29 is 9.53 Å². The van der Waals surface area contributed by atoms with E-state index in [0.29, 0.717) is 12.4 Å². The molecule has 0 amide bonds. The highest BCUT2D eigenvalue weighted by atomic mass is 16.6. The highest BCUT2D eigenvalue weighted by Gasteiger charge is 2.31. The van der Waals surface area contributed by atoms with Gasteiger partial charge in [0.05, 0.1) is 13.0 Å². The van der Waals surface area contributed by atoms with Gasteiger partial charge in [-0.25, -0.2) is 9.97 Å². The average molecular weight is 164 g/mol. The van der Waals surface area contributed by atoms with Crippen molar-refractivity contribution >= 4 is 5.78 Å². The first-order valence-electron chi connectivity index (χ1n) is 3.76. The number of carbonyl (C=O) groups is 1. The minimum Gasteiger partial charge on any atom is -0.365 e. The van der Waals surface area contributed by atoms with Gasteiger partial charge < -0.3 is 4.74 Å². The maximum atomic E-state index is 11.2. The number of ketones is 1. The molecule has 4 nitrogen and oxygen atoms in total. The number of nitrogens with zero attached hydrogens (tertiary/aromatic N) is 2. The summed E-state index contributed by atoms with van der Waals surface area (Å²) in [7, 11) is 0. The Morgan fingerprint density at radius 1 is 1.58 bits per heavy atom. The second kappa shape index (κ2) is 2.98. The minimum atomic E-state index is -0.186. The summed E-state index contributed by atoms with van der Waals surface area (Å²) in [5, 5.41) is 0. The van der Waals surface area contributed by atoms with Crippen molar-refractivity contribution in [3.05, 3.63) is 24.3 Å². The van der Waals surface area contributed by atoms with Crippen LogP contribution in [0.5, 0.6) is 0 Å². The van der Waals surface area contributed by atoms with Gasteiger partial charge in [0.2, 0.25) is 0 Å². The first-order chi connectivity index (χ1) is 5.86. The summed E-state index contributed by atoms with van der Waals surface area (Å²) in [6.07, 6.45) is 3.35. The molecule has 1 saturated heterocycles. The molecule has 0 saturated carbocycles. The third kappa shape index (κ3) is 1.65. The summed E-state index contributed by atoms with van der Waals surface area (Å²) in [5.41, 5.74) is 0. The minimum absolute atomic E-state index is 0.0706. The van der Waals surface area contributed by atoms with Crippen LogP contribution in [-0.2, 0) is 16.0 Å². The van der Waals surface area contributed by atoms with Crippen molar-refractivity contribution in [2.75, 3.05) is 6.61 Å². The number of Topliss-reactive ketones (excluding diaryl/α,β-unsaturated/α-hetero) is 1. The number of epoxide rings is 1. The van der Waals surface area contributed by atoms with E-state index in [9.17, 15) is 4.79 Å². The summed E-state index contributed by atoms with van der Waals surface area (Å²) in [5.74, 6) is 0.638. The SMILES string of the molecule is O=C(Cc1ncccn1)C1CO1. The zero-order valence-corrected chi connectivity index (χ0v) is 6.43. The molecule has 1 fully saturated rings. The average Bonchev–Trinajstić information content (AvgIpc) is 2.88. The monoisotopic (exact) mass is 164 g/mol. The maximum absolute atomic E-state index is 11.2. The van der Waals surface area contributed by atoms with E-state index in [1.807, 2.05) is 0 Å². The number of rotatable bonds is 3. The van der Waals surface area contributed by atoms with Gasteiger partial charge in [0, 0.05) is 12.4 Å². The zero-order chi connectivity index (χ0) is 8.39. The lowest BCUT2D eigenvalue weighted by Gasteiger charge is -1.94. The summed E-state index contributed by atoms with van der Waals surface area (Å²) < 4.78 is 4.84. The van der Waals surface area contributed by atoms with Crippen molar-refractivity contribution in [2.45, 2.75) is 12.5 Å². The molecule has 1 aromatic heterocycles. The van der Waals surface area contributed by atoms with E-state index in [2.05, 4.69) is 9.97 Å². The molecule has 2 rings (SSSR count). The van der Waals surface area contributed by atoms with E-state index in [4.69, 9.17) is 4.74 Å². The van der Waals surface area contributed by atoms with Gasteiger partial charge in [0.1, 0.15) is 11.9 Å². The van der Waals surface area contributed by atoms with E-state index in [1.165, 1.54) is 0 Å². The number of hydrogen-bond donors (Lipinski definition) is 0. The molecule has 0 radical (unpaired) electrons. The Balaban J connectivity index is 1.98. The predicted octanol–water partition coefficient (Wildman–Crippen LogP) is -0.0130.